The van der Waals surface area contributed by atoms with Crippen LogP contribution in [0.4, 0.5) is 25.1 Å². The number of benzene rings is 2. The first kappa shape index (κ1) is 29.1. The Morgan fingerprint density at radius 2 is 1.74 bits per heavy atom. The van der Waals surface area contributed by atoms with E-state index >= 15 is 0 Å². The number of pyridine rings is 1. The van der Waals surface area contributed by atoms with Gasteiger partial charge in [0.15, 0.2) is 0 Å². The van der Waals surface area contributed by atoms with E-state index in [1.807, 2.05) is 6.07 Å². The second kappa shape index (κ2) is 10.3. The molecule has 0 saturated carbocycles. The molecule has 4 N–H and O–H groups in total. The summed E-state index contributed by atoms with van der Waals surface area (Å²) in [6, 6.07) is 10.9. The number of allylic oxidation sites excluding steroid dienone is 1. The Kier molecular flexibility index (Phi) is 7.91. The third kappa shape index (κ3) is 8.26. The Hall–Kier alpha value is -3.49. The number of sulfonamides is 1. The number of hydrogen-bond donors (Lipinski definition) is 3. The standard InChI is InChI=1S/C24H26F5N5O2S2/c1-31-37(35,36)14-13-34-24-9-6-20(19-4-7-21(8-5-19)38(25,26,27,28)29)15-22(24)23(30)10-12-33-17-18-3-2-11-32-16-18/h2-12,15-16,31,34H,13-14,17,30H2,1H3. The fraction of sp³-hybridized carbons (Fsp3) is 0.167. The van der Waals surface area contributed by atoms with Crippen LogP contribution in [0.15, 0.2) is 83.0 Å². The van der Waals surface area contributed by atoms with Crippen LogP contribution >= 0.6 is 10.2 Å². The summed E-state index contributed by atoms with van der Waals surface area (Å²) in [7, 11) is -12.0. The zero-order valence-electron chi connectivity index (χ0n) is 20.1. The number of hydrogen-bond acceptors (Lipinski definition) is 6. The highest BCUT2D eigenvalue weighted by Gasteiger charge is 2.65. The molecule has 0 saturated heterocycles. The molecule has 2 aromatic carbocycles. The van der Waals surface area contributed by atoms with Crippen molar-refractivity contribution in [3.63, 3.8) is 0 Å². The minimum atomic E-state index is -9.80. The van der Waals surface area contributed by atoms with E-state index < -0.39 is 25.1 Å². The Bertz CT molecular complexity index is 1450. The highest BCUT2D eigenvalue weighted by molar-refractivity contribution is 8.45. The van der Waals surface area contributed by atoms with Gasteiger partial charge in [-0.25, -0.2) is 13.1 Å². The predicted molar refractivity (Wildman–Crippen MR) is 143 cm³/mol. The molecule has 0 spiro atoms. The van der Waals surface area contributed by atoms with Gasteiger partial charge in [-0.1, -0.05) is 43.7 Å². The summed E-state index contributed by atoms with van der Waals surface area (Å²) in [5.74, 6) is -0.225. The van der Waals surface area contributed by atoms with Crippen LogP contribution in [0.2, 0.25) is 0 Å². The van der Waals surface area contributed by atoms with Crippen molar-refractivity contribution < 1.29 is 27.8 Å². The topological polar surface area (TPSA) is 109 Å². The summed E-state index contributed by atoms with van der Waals surface area (Å²) in [6.07, 6.45) is 6.30. The van der Waals surface area contributed by atoms with Crippen molar-refractivity contribution in [2.75, 3.05) is 24.7 Å². The van der Waals surface area contributed by atoms with Crippen LogP contribution in [0.25, 0.3) is 16.8 Å². The first-order valence-corrected chi connectivity index (χ1v) is 14.7. The lowest BCUT2D eigenvalue weighted by molar-refractivity contribution is 0.364. The van der Waals surface area contributed by atoms with E-state index in [1.54, 1.807) is 36.7 Å². The predicted octanol–water partition coefficient (Wildman–Crippen LogP) is 5.94. The van der Waals surface area contributed by atoms with Crippen LogP contribution in [0.5, 0.6) is 0 Å². The van der Waals surface area contributed by atoms with Gasteiger partial charge in [0, 0.05) is 42.1 Å². The van der Waals surface area contributed by atoms with Crippen molar-refractivity contribution in [2.24, 2.45) is 10.7 Å². The average molecular weight is 576 g/mol. The Labute approximate surface area is 217 Å². The summed E-state index contributed by atoms with van der Waals surface area (Å²) in [6.45, 7) is 0.389. The van der Waals surface area contributed by atoms with E-state index in [-0.39, 0.29) is 23.6 Å². The number of anilines is 1. The Balaban J connectivity index is 1.92. The lowest BCUT2D eigenvalue weighted by Crippen LogP contribution is -2.26. The molecule has 38 heavy (non-hydrogen) atoms. The quantitative estimate of drug-likeness (QED) is 0.194. The minimum Gasteiger partial charge on any atom is -0.398 e. The fourth-order valence-corrected chi connectivity index (χ4v) is 4.54. The van der Waals surface area contributed by atoms with Crippen LogP contribution in [-0.4, -0.2) is 39.0 Å². The molecule has 0 aliphatic rings. The molecule has 0 radical (unpaired) electrons. The molecule has 0 bridgehead atoms. The van der Waals surface area contributed by atoms with Crippen LogP contribution < -0.4 is 15.8 Å². The summed E-state index contributed by atoms with van der Waals surface area (Å²) in [4.78, 5) is 6.28. The van der Waals surface area contributed by atoms with Gasteiger partial charge >= 0.3 is 10.2 Å². The molecular formula is C24H26F5N5O2S2. The molecular weight excluding hydrogens is 549 g/mol. The molecule has 206 valence electrons. The molecule has 14 heteroatoms. The van der Waals surface area contributed by atoms with E-state index in [1.165, 1.54) is 19.3 Å². The van der Waals surface area contributed by atoms with E-state index in [4.69, 9.17) is 5.73 Å². The number of aliphatic imine (C=N–C) groups is 1. The third-order valence-electron chi connectivity index (χ3n) is 5.32. The molecule has 1 heterocycles. The third-order valence-corrected chi connectivity index (χ3v) is 7.84. The Morgan fingerprint density at radius 1 is 1.05 bits per heavy atom. The summed E-state index contributed by atoms with van der Waals surface area (Å²) < 4.78 is 91.2. The largest absolute Gasteiger partial charge is 0.398 e. The molecule has 7 nitrogen and oxygen atoms in total. The van der Waals surface area contributed by atoms with E-state index in [2.05, 4.69) is 20.0 Å². The molecule has 3 aromatic rings. The molecule has 0 aliphatic carbocycles. The second-order valence-corrected chi connectivity index (χ2v) is 12.6. The van der Waals surface area contributed by atoms with Gasteiger partial charge in [0.2, 0.25) is 10.0 Å². The molecule has 0 unspecified atom stereocenters. The van der Waals surface area contributed by atoms with Crippen molar-refractivity contribution in [2.45, 2.75) is 11.4 Å². The zero-order chi connectivity index (χ0) is 28.1. The number of rotatable bonds is 11. The number of halogens is 5. The maximum atomic E-state index is 13.1. The summed E-state index contributed by atoms with van der Waals surface area (Å²) in [5, 5.41) is 2.98. The van der Waals surface area contributed by atoms with Crippen LogP contribution in [0, 0.1) is 0 Å². The second-order valence-electron chi connectivity index (χ2n) is 8.18. The van der Waals surface area contributed by atoms with Crippen molar-refractivity contribution >= 4 is 37.8 Å². The summed E-state index contributed by atoms with van der Waals surface area (Å²) >= 11 is 0. The van der Waals surface area contributed by atoms with Crippen molar-refractivity contribution in [1.29, 1.82) is 0 Å². The average Bonchev–Trinajstić information content (AvgIpc) is 2.86. The van der Waals surface area contributed by atoms with Gasteiger partial charge < -0.3 is 11.1 Å². The highest BCUT2D eigenvalue weighted by atomic mass is 32.5. The van der Waals surface area contributed by atoms with Gasteiger partial charge in [0.05, 0.1) is 12.3 Å². The van der Waals surface area contributed by atoms with Gasteiger partial charge in [-0.2, -0.15) is 0 Å². The number of nitrogens with two attached hydrogens (primary N) is 1. The van der Waals surface area contributed by atoms with E-state index in [0.29, 0.717) is 35.5 Å². The minimum absolute atomic E-state index is 0.0382. The molecule has 0 amide bonds. The van der Waals surface area contributed by atoms with E-state index in [0.717, 1.165) is 17.7 Å². The molecule has 1 aromatic heterocycles. The number of aromatic nitrogens is 1. The first-order chi connectivity index (χ1) is 17.6. The fourth-order valence-electron chi connectivity index (χ4n) is 3.32. The van der Waals surface area contributed by atoms with Crippen molar-refractivity contribution in [1.82, 2.24) is 9.71 Å². The zero-order valence-corrected chi connectivity index (χ0v) is 21.8. The van der Waals surface area contributed by atoms with E-state index in [9.17, 15) is 27.8 Å². The molecule has 3 rings (SSSR count). The van der Waals surface area contributed by atoms with Gasteiger partial charge in [0.25, 0.3) is 0 Å². The monoisotopic (exact) mass is 575 g/mol. The Morgan fingerprint density at radius 3 is 2.34 bits per heavy atom. The van der Waals surface area contributed by atoms with Crippen LogP contribution in [-0.2, 0) is 16.6 Å². The highest BCUT2D eigenvalue weighted by Crippen LogP contribution is 3.02. The lowest BCUT2D eigenvalue weighted by Gasteiger charge is -2.40. The van der Waals surface area contributed by atoms with Crippen molar-refractivity contribution in [3.05, 3.63) is 84.2 Å². The SMILES string of the molecule is CNS(=O)(=O)CCNc1ccc(-c2ccc(S(F)(F)(F)(F)F)cc2)cc1C(N)=CC=NCc1cccnc1. The maximum Gasteiger partial charge on any atom is 0.310 e. The number of nitrogens with zero attached hydrogens (tertiary/aromatic N) is 2. The number of nitrogens with one attached hydrogen (secondary N) is 2. The summed E-state index contributed by atoms with van der Waals surface area (Å²) in [5.41, 5.74) is 8.89. The van der Waals surface area contributed by atoms with Crippen molar-refractivity contribution in [3.8, 4) is 11.1 Å². The molecule has 0 fully saturated rings. The molecule has 0 atom stereocenters. The van der Waals surface area contributed by atoms with Gasteiger partial charge in [-0.05, 0) is 60.1 Å². The molecule has 0 aliphatic heterocycles. The normalized spacial score (nSPS) is 14.7. The lowest BCUT2D eigenvalue weighted by atomic mass is 10.00. The van der Waals surface area contributed by atoms with Crippen LogP contribution in [0.3, 0.4) is 0 Å². The van der Waals surface area contributed by atoms with Crippen LogP contribution in [0.1, 0.15) is 11.1 Å². The smallest absolute Gasteiger partial charge is 0.310 e. The maximum absolute atomic E-state index is 13.1. The van der Waals surface area contributed by atoms with Gasteiger partial charge in [0.1, 0.15) is 4.90 Å². The van der Waals surface area contributed by atoms with Gasteiger partial charge in [-0.15, -0.1) is 0 Å². The van der Waals surface area contributed by atoms with Gasteiger partial charge in [-0.3, -0.25) is 9.98 Å². The first-order valence-electron chi connectivity index (χ1n) is 11.1.